The Kier molecular flexibility index (Phi) is 9.16. The molecule has 0 aromatic heterocycles. The lowest BCUT2D eigenvalue weighted by Crippen LogP contribution is -2.45. The maximum atomic E-state index is 15.4. The molecule has 1 heterocycles. The quantitative estimate of drug-likeness (QED) is 0.177. The fourth-order valence-electron chi connectivity index (χ4n) is 4.57. The summed E-state index contributed by atoms with van der Waals surface area (Å²) < 4.78 is 82.0. The lowest BCUT2D eigenvalue weighted by molar-refractivity contribution is -0.217. The van der Waals surface area contributed by atoms with Gasteiger partial charge < -0.3 is 18.9 Å². The predicted octanol–water partition coefficient (Wildman–Crippen LogP) is 5.63. The minimum absolute atomic E-state index is 0.0444. The Hall–Kier alpha value is -4.49. The first-order valence-electron chi connectivity index (χ1n) is 13.3. The van der Waals surface area contributed by atoms with Crippen molar-refractivity contribution in [1.82, 2.24) is 0 Å². The number of alkyl halides is 2. The molecular weight excluding hydrogens is 598 g/mol. The van der Waals surface area contributed by atoms with Crippen molar-refractivity contribution in [3.05, 3.63) is 120 Å². The normalized spacial score (nSPS) is 19.3. The molecule has 1 aliphatic heterocycles. The van der Waals surface area contributed by atoms with Gasteiger partial charge in [0, 0.05) is 0 Å². The van der Waals surface area contributed by atoms with Gasteiger partial charge >= 0.3 is 17.9 Å². The van der Waals surface area contributed by atoms with Crippen molar-refractivity contribution in [3.63, 3.8) is 0 Å². The van der Waals surface area contributed by atoms with Crippen molar-refractivity contribution in [1.29, 1.82) is 0 Å². The summed E-state index contributed by atoms with van der Waals surface area (Å²) in [4.78, 5) is 25.7. The van der Waals surface area contributed by atoms with Crippen LogP contribution in [0.25, 0.3) is 22.3 Å². The second kappa shape index (κ2) is 13.0. The van der Waals surface area contributed by atoms with Crippen LogP contribution in [0.4, 0.5) is 8.78 Å². The minimum Gasteiger partial charge on any atom is -0.459 e. The number of esters is 2. The van der Waals surface area contributed by atoms with Crippen molar-refractivity contribution >= 4 is 22.1 Å². The van der Waals surface area contributed by atoms with E-state index in [2.05, 4.69) is 4.74 Å². The van der Waals surface area contributed by atoms with Crippen molar-refractivity contribution in [3.8, 4) is 22.3 Å². The molecule has 4 aromatic rings. The van der Waals surface area contributed by atoms with E-state index >= 15 is 8.78 Å². The van der Waals surface area contributed by atoms with Crippen LogP contribution in [-0.2, 0) is 29.1 Å². The number of rotatable bonds is 10. The van der Waals surface area contributed by atoms with Gasteiger partial charge in [-0.3, -0.25) is 4.55 Å². The van der Waals surface area contributed by atoms with E-state index < -0.39 is 59.0 Å². The molecule has 0 amide bonds. The zero-order valence-electron chi connectivity index (χ0n) is 22.9. The molecule has 44 heavy (non-hydrogen) atoms. The largest absolute Gasteiger partial charge is 0.459 e. The molecular formula is C32H26F2O9S. The number of benzene rings is 4. The summed E-state index contributed by atoms with van der Waals surface area (Å²) in [5.74, 6) is -7.57. The highest BCUT2D eigenvalue weighted by molar-refractivity contribution is 7.85. The molecule has 1 saturated heterocycles. The Labute approximate surface area is 251 Å². The summed E-state index contributed by atoms with van der Waals surface area (Å²) in [6.45, 7) is -0.786. The molecule has 1 aliphatic rings. The Morgan fingerprint density at radius 2 is 1.18 bits per heavy atom. The Bertz CT molecular complexity index is 1700. The number of hydrogen-bond donors (Lipinski definition) is 1. The second-order valence-corrected chi connectivity index (χ2v) is 11.3. The van der Waals surface area contributed by atoms with Crippen LogP contribution >= 0.6 is 0 Å². The van der Waals surface area contributed by atoms with Gasteiger partial charge in [-0.2, -0.15) is 17.2 Å². The fourth-order valence-corrected chi connectivity index (χ4v) is 4.86. The van der Waals surface area contributed by atoms with Gasteiger partial charge in [0.15, 0.2) is 12.0 Å². The fraction of sp³-hybridized carbons (Fsp3) is 0.188. The molecule has 5 rings (SSSR count). The summed E-state index contributed by atoms with van der Waals surface area (Å²) in [6.07, 6.45) is -6.60. The first kappa shape index (κ1) is 31.0. The predicted molar refractivity (Wildman–Crippen MR) is 154 cm³/mol. The molecule has 1 unspecified atom stereocenters. The van der Waals surface area contributed by atoms with Crippen molar-refractivity contribution in [2.45, 2.75) is 24.4 Å². The lowest BCUT2D eigenvalue weighted by Gasteiger charge is -2.23. The highest BCUT2D eigenvalue weighted by atomic mass is 32.2. The van der Waals surface area contributed by atoms with Gasteiger partial charge in [-0.15, -0.1) is 0 Å². The summed E-state index contributed by atoms with van der Waals surface area (Å²) in [5, 5.41) is 0. The summed E-state index contributed by atoms with van der Waals surface area (Å²) in [6, 6.07) is 31.1. The standard InChI is InChI=1S/C32H26F2O9S/c33-32(34)28(43-30(36)26-17-13-24(14-18-26)22-9-5-2-6-10-22)27(42-31(32)41-20-44(37,38)39)19-40-29(35)25-15-11-23(12-16-25)21-7-3-1-4-8-21/h1-18,27-28,31H,19-20H2,(H,37,38,39)/t27-,28-,31?/m1/s1. The summed E-state index contributed by atoms with van der Waals surface area (Å²) in [5.41, 5.74) is 3.49. The van der Waals surface area contributed by atoms with E-state index in [9.17, 15) is 18.0 Å². The van der Waals surface area contributed by atoms with Crippen LogP contribution in [0.1, 0.15) is 20.7 Å². The van der Waals surface area contributed by atoms with Gasteiger partial charge in [0.25, 0.3) is 10.1 Å². The third kappa shape index (κ3) is 7.34. The van der Waals surface area contributed by atoms with Crippen LogP contribution in [0.2, 0.25) is 0 Å². The zero-order valence-corrected chi connectivity index (χ0v) is 23.7. The van der Waals surface area contributed by atoms with Crippen LogP contribution in [0.15, 0.2) is 109 Å². The van der Waals surface area contributed by atoms with E-state index in [-0.39, 0.29) is 11.1 Å². The molecule has 1 fully saturated rings. The number of halogens is 2. The molecule has 4 aromatic carbocycles. The van der Waals surface area contributed by atoms with Gasteiger partial charge in [0.05, 0.1) is 11.1 Å². The third-order valence-electron chi connectivity index (χ3n) is 6.77. The molecule has 12 heteroatoms. The van der Waals surface area contributed by atoms with Gasteiger partial charge in [0.1, 0.15) is 12.7 Å². The molecule has 3 atom stereocenters. The first-order valence-corrected chi connectivity index (χ1v) is 14.9. The number of ether oxygens (including phenoxy) is 4. The third-order valence-corrected chi connectivity index (χ3v) is 7.20. The Morgan fingerprint density at radius 1 is 0.727 bits per heavy atom. The number of carbonyl (C=O) groups excluding carboxylic acids is 2. The van der Waals surface area contributed by atoms with E-state index in [1.165, 1.54) is 24.3 Å². The van der Waals surface area contributed by atoms with Crippen LogP contribution in [0.5, 0.6) is 0 Å². The van der Waals surface area contributed by atoms with E-state index in [0.29, 0.717) is 0 Å². The van der Waals surface area contributed by atoms with Crippen LogP contribution in [0, 0.1) is 0 Å². The second-order valence-electron chi connectivity index (χ2n) is 9.86. The average Bonchev–Trinajstić information content (AvgIpc) is 3.27. The monoisotopic (exact) mass is 624 g/mol. The van der Waals surface area contributed by atoms with E-state index in [1.807, 2.05) is 60.7 Å². The summed E-state index contributed by atoms with van der Waals surface area (Å²) >= 11 is 0. The highest BCUT2D eigenvalue weighted by Crippen LogP contribution is 2.40. The molecule has 9 nitrogen and oxygen atoms in total. The Balaban J connectivity index is 1.30. The van der Waals surface area contributed by atoms with Crippen LogP contribution in [0.3, 0.4) is 0 Å². The molecule has 0 saturated carbocycles. The lowest BCUT2D eigenvalue weighted by atomic mass is 10.0. The molecule has 0 aliphatic carbocycles. The molecule has 1 N–H and O–H groups in total. The van der Waals surface area contributed by atoms with Crippen LogP contribution < -0.4 is 0 Å². The topological polar surface area (TPSA) is 125 Å². The maximum Gasteiger partial charge on any atom is 0.338 e. The molecule has 0 spiro atoms. The first-order chi connectivity index (χ1) is 21.0. The van der Waals surface area contributed by atoms with Crippen molar-refractivity contribution in [2.24, 2.45) is 0 Å². The summed E-state index contributed by atoms with van der Waals surface area (Å²) in [7, 11) is -4.80. The highest BCUT2D eigenvalue weighted by Gasteiger charge is 2.62. The zero-order chi connectivity index (χ0) is 31.3. The Morgan fingerprint density at radius 3 is 1.66 bits per heavy atom. The SMILES string of the molecule is O=C(OC[C@H]1OC(OCS(=O)(=O)O)C(F)(F)[C@@H]1OC(=O)c1ccc(-c2ccccc2)cc1)c1ccc(-c2ccccc2)cc1. The number of carbonyl (C=O) groups is 2. The smallest absolute Gasteiger partial charge is 0.338 e. The maximum absolute atomic E-state index is 15.4. The minimum atomic E-state index is -4.80. The van der Waals surface area contributed by atoms with Gasteiger partial charge in [0.2, 0.25) is 6.29 Å². The van der Waals surface area contributed by atoms with E-state index in [4.69, 9.17) is 18.8 Å². The molecule has 0 radical (unpaired) electrons. The van der Waals surface area contributed by atoms with Crippen LogP contribution in [-0.4, -0.2) is 61.9 Å². The van der Waals surface area contributed by atoms with Gasteiger partial charge in [-0.1, -0.05) is 84.9 Å². The van der Waals surface area contributed by atoms with Gasteiger partial charge in [-0.25, -0.2) is 9.59 Å². The van der Waals surface area contributed by atoms with Gasteiger partial charge in [-0.05, 0) is 46.5 Å². The average molecular weight is 625 g/mol. The molecule has 228 valence electrons. The number of hydrogen-bond acceptors (Lipinski definition) is 8. The molecule has 0 bridgehead atoms. The van der Waals surface area contributed by atoms with Crippen molar-refractivity contribution < 1.29 is 50.3 Å². The van der Waals surface area contributed by atoms with E-state index in [1.54, 1.807) is 24.3 Å². The van der Waals surface area contributed by atoms with Crippen molar-refractivity contribution in [2.75, 3.05) is 12.5 Å². The van der Waals surface area contributed by atoms with E-state index in [0.717, 1.165) is 22.3 Å².